The highest BCUT2D eigenvalue weighted by Crippen LogP contribution is 2.26. The van der Waals surface area contributed by atoms with Gasteiger partial charge >= 0.3 is 6.18 Å². The molecule has 3 N–H and O–H groups in total. The van der Waals surface area contributed by atoms with E-state index in [1.807, 2.05) is 10.2 Å². The second kappa shape index (κ2) is 7.26. The van der Waals surface area contributed by atoms with E-state index in [2.05, 4.69) is 6.92 Å². The minimum atomic E-state index is -4.38. The Hall–Kier alpha value is -0.820. The van der Waals surface area contributed by atoms with Gasteiger partial charge in [0.2, 0.25) is 5.91 Å². The number of nitrogens with zero attached hydrogens (tertiary/aromatic N) is 1. The first-order valence-corrected chi connectivity index (χ1v) is 7.08. The van der Waals surface area contributed by atoms with Gasteiger partial charge in [0.05, 0.1) is 6.04 Å². The Bertz CT molecular complexity index is 322. The molecule has 3 unspecified atom stereocenters. The molecule has 3 atom stereocenters. The summed E-state index contributed by atoms with van der Waals surface area (Å²) in [5, 5.41) is 1.94. The van der Waals surface area contributed by atoms with E-state index < -0.39 is 24.7 Å². The molecule has 0 aliphatic carbocycles. The molecular formula is C13H24F3N3O. The first-order chi connectivity index (χ1) is 9.28. The molecule has 1 saturated heterocycles. The van der Waals surface area contributed by atoms with Crippen molar-refractivity contribution < 1.29 is 18.0 Å². The number of halogens is 3. The van der Waals surface area contributed by atoms with Crippen molar-refractivity contribution in [2.45, 2.75) is 51.4 Å². The SMILES string of the molecule is CCC1CCN(C(C)C(=O)NCC(F)(F)F)C(CN)C1. The van der Waals surface area contributed by atoms with Crippen LogP contribution in [0.1, 0.15) is 33.1 Å². The number of carbonyl (C=O) groups excluding carboxylic acids is 1. The van der Waals surface area contributed by atoms with E-state index in [1.165, 1.54) is 0 Å². The maximum atomic E-state index is 12.1. The summed E-state index contributed by atoms with van der Waals surface area (Å²) in [5.41, 5.74) is 5.74. The molecule has 1 heterocycles. The second-order valence-electron chi connectivity index (χ2n) is 5.43. The van der Waals surface area contributed by atoms with Gasteiger partial charge < -0.3 is 11.1 Å². The molecule has 0 aromatic rings. The topological polar surface area (TPSA) is 58.4 Å². The minimum absolute atomic E-state index is 0.0698. The molecule has 4 nitrogen and oxygen atoms in total. The van der Waals surface area contributed by atoms with Gasteiger partial charge in [-0.2, -0.15) is 13.2 Å². The van der Waals surface area contributed by atoms with Gasteiger partial charge in [-0.3, -0.25) is 9.69 Å². The molecule has 7 heteroatoms. The van der Waals surface area contributed by atoms with Crippen molar-refractivity contribution in [3.05, 3.63) is 0 Å². The standard InChI is InChI=1S/C13H24F3N3O/c1-3-10-4-5-19(11(6-10)7-17)9(2)12(20)18-8-13(14,15)16/h9-11H,3-8,17H2,1-2H3,(H,18,20). The third kappa shape index (κ3) is 4.94. The minimum Gasteiger partial charge on any atom is -0.346 e. The summed E-state index contributed by atoms with van der Waals surface area (Å²) < 4.78 is 36.3. The Labute approximate surface area is 117 Å². The molecule has 1 aliphatic rings. The summed E-state index contributed by atoms with van der Waals surface area (Å²) in [6.07, 6.45) is -1.44. The number of carbonyl (C=O) groups is 1. The second-order valence-corrected chi connectivity index (χ2v) is 5.43. The number of alkyl halides is 3. The third-order valence-electron chi connectivity index (χ3n) is 4.06. The lowest BCUT2D eigenvalue weighted by molar-refractivity contribution is -0.142. The zero-order valence-corrected chi connectivity index (χ0v) is 12.0. The van der Waals surface area contributed by atoms with Crippen molar-refractivity contribution in [2.24, 2.45) is 11.7 Å². The van der Waals surface area contributed by atoms with Crippen molar-refractivity contribution in [3.8, 4) is 0 Å². The molecule has 0 aromatic heterocycles. The largest absolute Gasteiger partial charge is 0.405 e. The molecule has 1 amide bonds. The predicted octanol–water partition coefficient (Wildman–Crippen LogP) is 1.50. The highest BCUT2D eigenvalue weighted by atomic mass is 19.4. The van der Waals surface area contributed by atoms with Gasteiger partial charge in [0, 0.05) is 12.6 Å². The summed E-state index contributed by atoms with van der Waals surface area (Å²) in [6, 6.07) is -0.510. The number of likely N-dealkylation sites (tertiary alicyclic amines) is 1. The van der Waals surface area contributed by atoms with Crippen molar-refractivity contribution >= 4 is 5.91 Å². The molecule has 1 fully saturated rings. The van der Waals surface area contributed by atoms with Gasteiger partial charge in [-0.1, -0.05) is 13.3 Å². The van der Waals surface area contributed by atoms with E-state index in [-0.39, 0.29) is 6.04 Å². The lowest BCUT2D eigenvalue weighted by Gasteiger charge is -2.41. The van der Waals surface area contributed by atoms with Gasteiger partial charge in [0.1, 0.15) is 6.54 Å². The summed E-state index contributed by atoms with van der Waals surface area (Å²) in [4.78, 5) is 13.7. The molecular weight excluding hydrogens is 271 g/mol. The molecule has 0 radical (unpaired) electrons. The van der Waals surface area contributed by atoms with Crippen molar-refractivity contribution in [3.63, 3.8) is 0 Å². The van der Waals surface area contributed by atoms with Gasteiger partial charge in [-0.05, 0) is 32.2 Å². The van der Waals surface area contributed by atoms with Gasteiger partial charge in [-0.15, -0.1) is 0 Å². The highest BCUT2D eigenvalue weighted by Gasteiger charge is 2.34. The van der Waals surface area contributed by atoms with E-state index in [9.17, 15) is 18.0 Å². The Morgan fingerprint density at radius 1 is 1.50 bits per heavy atom. The third-order valence-corrected chi connectivity index (χ3v) is 4.06. The molecule has 0 spiro atoms. The summed E-state index contributed by atoms with van der Waals surface area (Å²) >= 11 is 0. The first-order valence-electron chi connectivity index (χ1n) is 7.08. The number of piperidine rings is 1. The quantitative estimate of drug-likeness (QED) is 0.808. The van der Waals surface area contributed by atoms with Crippen LogP contribution >= 0.6 is 0 Å². The fourth-order valence-electron chi connectivity index (χ4n) is 2.75. The predicted molar refractivity (Wildman–Crippen MR) is 71.1 cm³/mol. The number of hydrogen-bond donors (Lipinski definition) is 2. The lowest BCUT2D eigenvalue weighted by Crippen LogP contribution is -2.55. The average molecular weight is 295 g/mol. The summed E-state index contributed by atoms with van der Waals surface area (Å²) in [7, 11) is 0. The number of hydrogen-bond acceptors (Lipinski definition) is 3. The highest BCUT2D eigenvalue weighted by molar-refractivity contribution is 5.81. The molecule has 118 valence electrons. The molecule has 1 rings (SSSR count). The number of amides is 1. The number of nitrogens with one attached hydrogen (secondary N) is 1. The van der Waals surface area contributed by atoms with E-state index in [4.69, 9.17) is 5.73 Å². The van der Waals surface area contributed by atoms with E-state index in [0.29, 0.717) is 19.0 Å². The van der Waals surface area contributed by atoms with Crippen LogP contribution in [0.15, 0.2) is 0 Å². The summed E-state index contributed by atoms with van der Waals surface area (Å²) in [5.74, 6) is 0.000889. The summed E-state index contributed by atoms with van der Waals surface area (Å²) in [6.45, 7) is 3.61. The fraction of sp³-hybridized carbons (Fsp3) is 0.923. The van der Waals surface area contributed by atoms with Crippen LogP contribution in [-0.2, 0) is 4.79 Å². The first kappa shape index (κ1) is 17.2. The maximum Gasteiger partial charge on any atom is 0.405 e. The van der Waals surface area contributed by atoms with Crippen molar-refractivity contribution in [1.82, 2.24) is 10.2 Å². The Morgan fingerprint density at radius 2 is 2.15 bits per heavy atom. The zero-order chi connectivity index (χ0) is 15.3. The zero-order valence-electron chi connectivity index (χ0n) is 12.0. The van der Waals surface area contributed by atoms with Crippen LogP contribution in [0, 0.1) is 5.92 Å². The van der Waals surface area contributed by atoms with Crippen LogP contribution in [-0.4, -0.2) is 48.7 Å². The Kier molecular flexibility index (Phi) is 6.26. The Morgan fingerprint density at radius 3 is 2.65 bits per heavy atom. The molecule has 0 bridgehead atoms. The van der Waals surface area contributed by atoms with Crippen LogP contribution in [0.2, 0.25) is 0 Å². The molecule has 0 aromatic carbocycles. The van der Waals surface area contributed by atoms with Crippen LogP contribution in [0.25, 0.3) is 0 Å². The molecule has 1 aliphatic heterocycles. The average Bonchev–Trinajstić information content (AvgIpc) is 2.42. The van der Waals surface area contributed by atoms with Gasteiger partial charge in [-0.25, -0.2) is 0 Å². The van der Waals surface area contributed by atoms with Crippen molar-refractivity contribution in [2.75, 3.05) is 19.6 Å². The van der Waals surface area contributed by atoms with Crippen LogP contribution in [0.4, 0.5) is 13.2 Å². The van der Waals surface area contributed by atoms with Crippen LogP contribution in [0.5, 0.6) is 0 Å². The van der Waals surface area contributed by atoms with E-state index >= 15 is 0 Å². The molecule has 0 saturated carbocycles. The van der Waals surface area contributed by atoms with E-state index in [1.54, 1.807) is 6.92 Å². The fourth-order valence-corrected chi connectivity index (χ4v) is 2.75. The number of nitrogens with two attached hydrogens (primary N) is 1. The van der Waals surface area contributed by atoms with Gasteiger partial charge in [0.25, 0.3) is 0 Å². The lowest BCUT2D eigenvalue weighted by atomic mass is 9.88. The maximum absolute atomic E-state index is 12.1. The normalized spacial score (nSPS) is 26.3. The monoisotopic (exact) mass is 295 g/mol. The smallest absolute Gasteiger partial charge is 0.346 e. The van der Waals surface area contributed by atoms with E-state index in [0.717, 1.165) is 19.3 Å². The number of rotatable bonds is 5. The van der Waals surface area contributed by atoms with Crippen LogP contribution in [0.3, 0.4) is 0 Å². The van der Waals surface area contributed by atoms with Crippen LogP contribution < -0.4 is 11.1 Å². The van der Waals surface area contributed by atoms with Gasteiger partial charge in [0.15, 0.2) is 0 Å². The Balaban J connectivity index is 2.56. The van der Waals surface area contributed by atoms with Crippen molar-refractivity contribution in [1.29, 1.82) is 0 Å². The molecule has 20 heavy (non-hydrogen) atoms.